The van der Waals surface area contributed by atoms with Gasteiger partial charge in [0.2, 0.25) is 0 Å². The van der Waals surface area contributed by atoms with Gasteiger partial charge in [0.15, 0.2) is 28.7 Å². The third-order valence-electron chi connectivity index (χ3n) is 5.76. The summed E-state index contributed by atoms with van der Waals surface area (Å²) in [5.74, 6) is -1.32. The number of ether oxygens (including phenoxy) is 1. The molecule has 7 N–H and O–H groups in total. The molecule has 0 aromatic heterocycles. The van der Waals surface area contributed by atoms with Crippen LogP contribution in [0, 0.1) is 0 Å². The molecule has 4 aromatic rings. The van der Waals surface area contributed by atoms with Crippen molar-refractivity contribution < 1.29 is 40.5 Å². The van der Waals surface area contributed by atoms with Crippen molar-refractivity contribution in [3.8, 4) is 51.7 Å². The molecular formula is C28H26O8. The van der Waals surface area contributed by atoms with E-state index in [-0.39, 0.29) is 34.5 Å². The van der Waals surface area contributed by atoms with Gasteiger partial charge in [0.1, 0.15) is 23.0 Å². The zero-order valence-corrected chi connectivity index (χ0v) is 19.2. The monoisotopic (exact) mass is 490 g/mol. The number of aromatic hydroxyl groups is 7. The Morgan fingerprint density at radius 2 is 1.14 bits per heavy atom. The Morgan fingerprint density at radius 1 is 0.500 bits per heavy atom. The second-order valence-electron chi connectivity index (χ2n) is 8.54. The molecule has 0 saturated carbocycles. The summed E-state index contributed by atoms with van der Waals surface area (Å²) in [5.41, 5.74) is 2.71. The number of hydrogen-bond donors (Lipinski definition) is 7. The van der Waals surface area contributed by atoms with Gasteiger partial charge in [-0.1, -0.05) is 12.1 Å². The van der Waals surface area contributed by atoms with E-state index in [0.29, 0.717) is 42.4 Å². The van der Waals surface area contributed by atoms with Crippen LogP contribution in [0.15, 0.2) is 66.7 Å². The van der Waals surface area contributed by atoms with E-state index in [9.17, 15) is 35.7 Å². The van der Waals surface area contributed by atoms with Crippen LogP contribution < -0.4 is 4.74 Å². The van der Waals surface area contributed by atoms with Crippen LogP contribution in [0.4, 0.5) is 0 Å². The van der Waals surface area contributed by atoms with Crippen LogP contribution in [0.3, 0.4) is 0 Å². The molecule has 0 aliphatic rings. The molecule has 36 heavy (non-hydrogen) atoms. The highest BCUT2D eigenvalue weighted by Gasteiger charge is 2.13. The van der Waals surface area contributed by atoms with Gasteiger partial charge in [-0.3, -0.25) is 0 Å². The van der Waals surface area contributed by atoms with Gasteiger partial charge in [0.05, 0.1) is 0 Å². The van der Waals surface area contributed by atoms with E-state index in [1.54, 1.807) is 30.3 Å². The van der Waals surface area contributed by atoms with Crippen molar-refractivity contribution in [3.05, 3.63) is 89.0 Å². The number of benzene rings is 4. The van der Waals surface area contributed by atoms with Crippen molar-refractivity contribution in [2.45, 2.75) is 25.7 Å². The van der Waals surface area contributed by atoms with Crippen molar-refractivity contribution in [1.29, 1.82) is 0 Å². The fraction of sp³-hybridized carbons (Fsp3) is 0.143. The van der Waals surface area contributed by atoms with Crippen LogP contribution in [0.1, 0.15) is 22.3 Å². The van der Waals surface area contributed by atoms with Gasteiger partial charge in [0.25, 0.3) is 0 Å². The molecule has 0 amide bonds. The molecular weight excluding hydrogens is 464 g/mol. The summed E-state index contributed by atoms with van der Waals surface area (Å²) in [7, 11) is 0. The second-order valence-corrected chi connectivity index (χ2v) is 8.54. The zero-order valence-electron chi connectivity index (χ0n) is 19.2. The lowest BCUT2D eigenvalue weighted by atomic mass is 10.0. The van der Waals surface area contributed by atoms with Gasteiger partial charge >= 0.3 is 0 Å². The van der Waals surface area contributed by atoms with Gasteiger partial charge in [0, 0.05) is 12.1 Å². The van der Waals surface area contributed by atoms with Gasteiger partial charge in [-0.2, -0.15) is 0 Å². The molecule has 0 fully saturated rings. The SMILES string of the molecule is Oc1cccc(CCc2cc(Oc3cc(O)cc(CCc4cc(O)c(O)c(O)c4)c3)c(O)cc2O)c1. The predicted octanol–water partition coefficient (Wildman–Crippen LogP) is 4.99. The molecule has 8 heteroatoms. The number of hydrogen-bond acceptors (Lipinski definition) is 8. The smallest absolute Gasteiger partial charge is 0.200 e. The van der Waals surface area contributed by atoms with Crippen LogP contribution in [-0.4, -0.2) is 35.7 Å². The molecule has 0 bridgehead atoms. The quantitative estimate of drug-likeness (QED) is 0.171. The largest absolute Gasteiger partial charge is 0.508 e. The lowest BCUT2D eigenvalue weighted by Gasteiger charge is -2.13. The maximum atomic E-state index is 10.3. The molecule has 0 heterocycles. The number of phenols is 7. The Balaban J connectivity index is 1.50. The molecule has 4 aromatic carbocycles. The molecule has 8 nitrogen and oxygen atoms in total. The summed E-state index contributed by atoms with van der Waals surface area (Å²) in [5, 5.41) is 69.3. The average molecular weight is 491 g/mol. The summed E-state index contributed by atoms with van der Waals surface area (Å²) in [6.45, 7) is 0. The third-order valence-corrected chi connectivity index (χ3v) is 5.76. The Hall–Kier alpha value is -4.72. The first-order valence-electron chi connectivity index (χ1n) is 11.3. The van der Waals surface area contributed by atoms with Crippen LogP contribution in [0.5, 0.6) is 51.7 Å². The standard InChI is InChI=1S/C28H26O8/c29-20-3-1-2-16(8-20)6-7-19-13-27(24(32)15-23(19)31)36-22-10-17(9-21(30)14-22)4-5-18-11-25(33)28(35)26(34)12-18/h1-3,8-15,29-35H,4-7H2. The molecule has 4 rings (SSSR count). The number of phenolic OH excluding ortho intramolecular Hbond substituents is 7. The minimum Gasteiger partial charge on any atom is -0.508 e. The average Bonchev–Trinajstić information content (AvgIpc) is 2.82. The number of rotatable bonds is 8. The lowest BCUT2D eigenvalue weighted by Crippen LogP contribution is -1.95. The third kappa shape index (κ3) is 5.85. The summed E-state index contributed by atoms with van der Waals surface area (Å²) in [6, 6.07) is 16.9. The van der Waals surface area contributed by atoms with Crippen LogP contribution >= 0.6 is 0 Å². The van der Waals surface area contributed by atoms with E-state index in [4.69, 9.17) is 4.74 Å². The molecule has 0 atom stereocenters. The maximum Gasteiger partial charge on any atom is 0.200 e. The first-order chi connectivity index (χ1) is 17.2. The van der Waals surface area contributed by atoms with E-state index in [1.165, 1.54) is 30.3 Å². The normalized spacial score (nSPS) is 10.9. The van der Waals surface area contributed by atoms with Crippen molar-refractivity contribution in [3.63, 3.8) is 0 Å². The predicted molar refractivity (Wildman–Crippen MR) is 132 cm³/mol. The minimum absolute atomic E-state index is 0.0544. The Morgan fingerprint density at radius 3 is 1.83 bits per heavy atom. The fourth-order valence-electron chi connectivity index (χ4n) is 3.94. The second kappa shape index (κ2) is 10.3. The van der Waals surface area contributed by atoms with Crippen LogP contribution in [0.2, 0.25) is 0 Å². The Labute approximate surface area is 207 Å². The highest BCUT2D eigenvalue weighted by Crippen LogP contribution is 2.38. The van der Waals surface area contributed by atoms with Gasteiger partial charge < -0.3 is 40.5 Å². The molecule has 0 saturated heterocycles. The van der Waals surface area contributed by atoms with E-state index in [0.717, 1.165) is 5.56 Å². The number of aryl methyl sites for hydroxylation is 4. The fourth-order valence-corrected chi connectivity index (χ4v) is 3.94. The molecule has 0 aliphatic heterocycles. The van der Waals surface area contributed by atoms with E-state index < -0.39 is 17.2 Å². The van der Waals surface area contributed by atoms with E-state index >= 15 is 0 Å². The van der Waals surface area contributed by atoms with Crippen molar-refractivity contribution in [1.82, 2.24) is 0 Å². The Bertz CT molecular complexity index is 1370. The Kier molecular flexibility index (Phi) is 6.96. The highest BCUT2D eigenvalue weighted by atomic mass is 16.5. The highest BCUT2D eigenvalue weighted by molar-refractivity contribution is 5.53. The summed E-state index contributed by atoms with van der Waals surface area (Å²) >= 11 is 0. The van der Waals surface area contributed by atoms with Gasteiger partial charge in [-0.25, -0.2) is 0 Å². The van der Waals surface area contributed by atoms with Crippen LogP contribution in [0.25, 0.3) is 0 Å². The molecule has 0 aliphatic carbocycles. The lowest BCUT2D eigenvalue weighted by molar-refractivity contribution is 0.367. The maximum absolute atomic E-state index is 10.3. The van der Waals surface area contributed by atoms with Crippen molar-refractivity contribution in [2.24, 2.45) is 0 Å². The minimum atomic E-state index is -0.582. The zero-order chi connectivity index (χ0) is 25.8. The summed E-state index contributed by atoms with van der Waals surface area (Å²) < 4.78 is 5.83. The first kappa shape index (κ1) is 24.4. The molecule has 0 spiro atoms. The van der Waals surface area contributed by atoms with E-state index in [1.807, 2.05) is 6.07 Å². The summed E-state index contributed by atoms with van der Waals surface area (Å²) in [6.07, 6.45) is 1.80. The first-order valence-corrected chi connectivity index (χ1v) is 11.3. The molecule has 0 unspecified atom stereocenters. The van der Waals surface area contributed by atoms with Crippen LogP contribution in [-0.2, 0) is 25.7 Å². The summed E-state index contributed by atoms with van der Waals surface area (Å²) in [4.78, 5) is 0. The van der Waals surface area contributed by atoms with E-state index in [2.05, 4.69) is 0 Å². The topological polar surface area (TPSA) is 151 Å². The molecule has 186 valence electrons. The van der Waals surface area contributed by atoms with Gasteiger partial charge in [-0.05, 0) is 90.4 Å². The molecule has 0 radical (unpaired) electrons. The van der Waals surface area contributed by atoms with Crippen molar-refractivity contribution >= 4 is 0 Å². The van der Waals surface area contributed by atoms with Crippen molar-refractivity contribution in [2.75, 3.05) is 0 Å². The van der Waals surface area contributed by atoms with Gasteiger partial charge in [-0.15, -0.1) is 0 Å².